The largest absolute Gasteiger partial charge is 0.356 e. The van der Waals surface area contributed by atoms with Gasteiger partial charge in [-0.25, -0.2) is 9.38 Å². The number of halogens is 2. The molecule has 0 aliphatic carbocycles. The van der Waals surface area contributed by atoms with Gasteiger partial charge in [-0.1, -0.05) is 37.6 Å². The number of carbonyl (C=O) groups excluding carboxylic acids is 1. The molecule has 5 nitrogen and oxygen atoms in total. The molecule has 0 bridgehead atoms. The van der Waals surface area contributed by atoms with E-state index in [1.807, 2.05) is 13.8 Å². The van der Waals surface area contributed by atoms with Crippen LogP contribution in [0.4, 0.5) is 4.39 Å². The number of likely N-dealkylation sites (N-methyl/N-ethyl adjacent to an activating group) is 1. The summed E-state index contributed by atoms with van der Waals surface area (Å²) in [5.41, 5.74) is 0.461. The predicted octanol–water partition coefficient (Wildman–Crippen LogP) is 2.57. The van der Waals surface area contributed by atoms with Crippen LogP contribution in [0.3, 0.4) is 0 Å². The maximum atomic E-state index is 13.3. The van der Waals surface area contributed by atoms with Gasteiger partial charge in [-0.3, -0.25) is 4.79 Å². The van der Waals surface area contributed by atoms with E-state index in [1.54, 1.807) is 26.2 Å². The van der Waals surface area contributed by atoms with E-state index in [-0.39, 0.29) is 23.7 Å². The highest BCUT2D eigenvalue weighted by Gasteiger charge is 2.24. The summed E-state index contributed by atoms with van der Waals surface area (Å²) in [7, 11) is 3.36. The Morgan fingerprint density at radius 1 is 1.40 bits per heavy atom. The lowest BCUT2D eigenvalue weighted by molar-refractivity contribution is -0.127. The van der Waals surface area contributed by atoms with E-state index >= 15 is 0 Å². The first kappa shape index (κ1) is 21.0. The van der Waals surface area contributed by atoms with Gasteiger partial charge in [-0.2, -0.15) is 0 Å². The molecule has 0 fully saturated rings. The Kier molecular flexibility index (Phi) is 7.90. The van der Waals surface area contributed by atoms with Crippen molar-refractivity contribution in [1.82, 2.24) is 15.5 Å². The molecular weight excluding hydrogens is 343 g/mol. The van der Waals surface area contributed by atoms with Crippen LogP contribution in [0.15, 0.2) is 35.8 Å². The average molecular weight is 369 g/mol. The Morgan fingerprint density at radius 3 is 2.64 bits per heavy atom. The van der Waals surface area contributed by atoms with E-state index in [0.717, 1.165) is 5.56 Å². The van der Waals surface area contributed by atoms with E-state index < -0.39 is 0 Å². The lowest BCUT2D eigenvalue weighted by Gasteiger charge is -2.27. The van der Waals surface area contributed by atoms with Crippen LogP contribution in [0, 0.1) is 5.82 Å². The highest BCUT2D eigenvalue weighted by Crippen LogP contribution is 2.29. The molecule has 0 aromatic heterocycles. The Hall–Kier alpha value is -2.08. The first-order chi connectivity index (χ1) is 11.7. The monoisotopic (exact) mass is 368 g/mol. The van der Waals surface area contributed by atoms with Crippen LogP contribution in [0.2, 0.25) is 5.02 Å². The zero-order valence-corrected chi connectivity index (χ0v) is 16.0. The SMILES string of the molecule is C=CCNC(=NCC(=O)N(C)C)NCC(C)(C)c1ccc(F)cc1Cl. The molecule has 1 aromatic carbocycles. The van der Waals surface area contributed by atoms with Crippen LogP contribution in [0.25, 0.3) is 0 Å². The molecule has 0 aliphatic rings. The van der Waals surface area contributed by atoms with Crippen LogP contribution in [-0.2, 0) is 10.2 Å². The van der Waals surface area contributed by atoms with Gasteiger partial charge in [0.1, 0.15) is 12.4 Å². The lowest BCUT2D eigenvalue weighted by Crippen LogP contribution is -2.44. The fraction of sp³-hybridized carbons (Fsp3) is 0.444. The smallest absolute Gasteiger partial charge is 0.243 e. The number of amides is 1. The van der Waals surface area contributed by atoms with Gasteiger partial charge in [-0.15, -0.1) is 6.58 Å². The van der Waals surface area contributed by atoms with Crippen molar-refractivity contribution in [3.8, 4) is 0 Å². The number of nitrogens with one attached hydrogen (secondary N) is 2. The highest BCUT2D eigenvalue weighted by atomic mass is 35.5. The zero-order valence-electron chi connectivity index (χ0n) is 15.2. The molecule has 0 spiro atoms. The van der Waals surface area contributed by atoms with Gasteiger partial charge in [0.05, 0.1) is 0 Å². The molecule has 1 rings (SSSR count). The Morgan fingerprint density at radius 2 is 2.08 bits per heavy atom. The number of carbonyl (C=O) groups is 1. The maximum Gasteiger partial charge on any atom is 0.243 e. The second kappa shape index (κ2) is 9.42. The lowest BCUT2D eigenvalue weighted by atomic mass is 9.84. The molecule has 0 atom stereocenters. The first-order valence-electron chi connectivity index (χ1n) is 7.96. The van der Waals surface area contributed by atoms with Crippen molar-refractivity contribution in [3.63, 3.8) is 0 Å². The third-order valence-electron chi connectivity index (χ3n) is 3.64. The van der Waals surface area contributed by atoms with Crippen molar-refractivity contribution in [2.45, 2.75) is 19.3 Å². The molecule has 0 unspecified atom stereocenters. The highest BCUT2D eigenvalue weighted by molar-refractivity contribution is 6.31. The summed E-state index contributed by atoms with van der Waals surface area (Å²) in [5, 5.41) is 6.65. The maximum absolute atomic E-state index is 13.3. The summed E-state index contributed by atoms with van der Waals surface area (Å²) < 4.78 is 13.3. The Labute approximate surface area is 154 Å². The van der Waals surface area contributed by atoms with Crippen LogP contribution < -0.4 is 10.6 Å². The number of benzene rings is 1. The van der Waals surface area contributed by atoms with Gasteiger partial charge in [0.15, 0.2) is 5.96 Å². The fourth-order valence-electron chi connectivity index (χ4n) is 2.07. The van der Waals surface area contributed by atoms with Crippen molar-refractivity contribution in [3.05, 3.63) is 47.3 Å². The standard InChI is InChI=1S/C18H26ClFN4O/c1-6-9-21-17(22-11-16(25)24(4)5)23-12-18(2,3)14-8-7-13(20)10-15(14)19/h6-8,10H,1,9,11-12H2,2-5H3,(H2,21,22,23). The average Bonchev–Trinajstić information content (AvgIpc) is 2.53. The Bertz CT molecular complexity index is 644. The molecule has 0 heterocycles. The molecule has 0 saturated carbocycles. The third-order valence-corrected chi connectivity index (χ3v) is 3.96. The molecule has 0 aliphatic heterocycles. The summed E-state index contributed by atoms with van der Waals surface area (Å²) in [6.07, 6.45) is 1.70. The van der Waals surface area contributed by atoms with Crippen LogP contribution in [0.1, 0.15) is 19.4 Å². The number of rotatable bonds is 7. The van der Waals surface area contributed by atoms with Crippen molar-refractivity contribution >= 4 is 23.5 Å². The molecule has 2 N–H and O–H groups in total. The number of hydrogen-bond acceptors (Lipinski definition) is 2. The van der Waals surface area contributed by atoms with E-state index in [2.05, 4.69) is 22.2 Å². The van der Waals surface area contributed by atoms with Gasteiger partial charge in [0.25, 0.3) is 0 Å². The summed E-state index contributed by atoms with van der Waals surface area (Å²) in [6.45, 7) is 8.70. The fourth-order valence-corrected chi connectivity index (χ4v) is 2.49. The van der Waals surface area contributed by atoms with Crippen molar-refractivity contribution < 1.29 is 9.18 Å². The van der Waals surface area contributed by atoms with Crippen molar-refractivity contribution in [2.75, 3.05) is 33.7 Å². The number of aliphatic imine (C=N–C) groups is 1. The van der Waals surface area contributed by atoms with Gasteiger partial charge < -0.3 is 15.5 Å². The third kappa shape index (κ3) is 6.74. The van der Waals surface area contributed by atoms with E-state index in [1.165, 1.54) is 17.0 Å². The molecule has 7 heteroatoms. The van der Waals surface area contributed by atoms with Crippen LogP contribution in [0.5, 0.6) is 0 Å². The van der Waals surface area contributed by atoms with E-state index in [4.69, 9.17) is 11.6 Å². The second-order valence-electron chi connectivity index (χ2n) is 6.48. The molecular formula is C18H26ClFN4O. The molecule has 1 aromatic rings. The van der Waals surface area contributed by atoms with E-state index in [9.17, 15) is 9.18 Å². The topological polar surface area (TPSA) is 56.7 Å². The van der Waals surface area contributed by atoms with Crippen LogP contribution in [-0.4, -0.2) is 50.5 Å². The second-order valence-corrected chi connectivity index (χ2v) is 6.89. The van der Waals surface area contributed by atoms with Crippen LogP contribution >= 0.6 is 11.6 Å². The molecule has 0 radical (unpaired) electrons. The number of nitrogens with zero attached hydrogens (tertiary/aromatic N) is 2. The first-order valence-corrected chi connectivity index (χ1v) is 8.34. The minimum absolute atomic E-state index is 0.0389. The Balaban J connectivity index is 2.84. The molecule has 0 saturated heterocycles. The normalized spacial score (nSPS) is 11.8. The van der Waals surface area contributed by atoms with Crippen molar-refractivity contribution in [2.24, 2.45) is 4.99 Å². The van der Waals surface area contributed by atoms with Crippen molar-refractivity contribution in [1.29, 1.82) is 0 Å². The van der Waals surface area contributed by atoms with Gasteiger partial charge in [0, 0.05) is 37.6 Å². The van der Waals surface area contributed by atoms with Gasteiger partial charge in [0.2, 0.25) is 5.91 Å². The summed E-state index contributed by atoms with van der Waals surface area (Å²) in [6, 6.07) is 4.38. The minimum atomic E-state index is -0.368. The predicted molar refractivity (Wildman–Crippen MR) is 102 cm³/mol. The number of guanidine groups is 1. The van der Waals surface area contributed by atoms with Gasteiger partial charge in [-0.05, 0) is 17.7 Å². The zero-order chi connectivity index (χ0) is 19.0. The summed E-state index contributed by atoms with van der Waals surface area (Å²) in [5.74, 6) is 0.0385. The molecule has 138 valence electrons. The van der Waals surface area contributed by atoms with Gasteiger partial charge >= 0.3 is 0 Å². The van der Waals surface area contributed by atoms with E-state index in [0.29, 0.717) is 24.1 Å². The number of hydrogen-bond donors (Lipinski definition) is 2. The summed E-state index contributed by atoms with van der Waals surface area (Å²) >= 11 is 6.17. The summed E-state index contributed by atoms with van der Waals surface area (Å²) in [4.78, 5) is 17.5. The minimum Gasteiger partial charge on any atom is -0.356 e. The quantitative estimate of drug-likeness (QED) is 0.442. The molecule has 1 amide bonds. The molecule has 25 heavy (non-hydrogen) atoms.